The number of nitrogens with one attached hydrogen (secondary N) is 1. The molecule has 6 heteroatoms. The van der Waals surface area contributed by atoms with E-state index >= 15 is 0 Å². The normalized spacial score (nSPS) is 12.9. The summed E-state index contributed by atoms with van der Waals surface area (Å²) in [6.07, 6.45) is -2.04. The molecule has 1 atom stereocenters. The average molecular weight is 385 g/mol. The summed E-state index contributed by atoms with van der Waals surface area (Å²) >= 11 is 0. The lowest BCUT2D eigenvalue weighted by molar-refractivity contribution is -0.274. The second-order valence-corrected chi connectivity index (χ2v) is 6.29. The van der Waals surface area contributed by atoms with Gasteiger partial charge in [-0.25, -0.2) is 0 Å². The molecular formula is C22H18F3NO2. The van der Waals surface area contributed by atoms with Crippen molar-refractivity contribution < 1.29 is 22.7 Å². The fourth-order valence-electron chi connectivity index (χ4n) is 2.81. The van der Waals surface area contributed by atoms with Gasteiger partial charge in [-0.1, -0.05) is 48.5 Å². The van der Waals surface area contributed by atoms with Crippen LogP contribution in [0.25, 0.3) is 16.8 Å². The van der Waals surface area contributed by atoms with E-state index in [4.69, 9.17) is 0 Å². The first-order chi connectivity index (χ1) is 13.3. The van der Waals surface area contributed by atoms with Gasteiger partial charge in [0.2, 0.25) is 5.91 Å². The first kappa shape index (κ1) is 19.5. The SMILES string of the molecule is C[C@H](NC(=O)C=Cc1cccc(OC(F)(F)F)c1)c1ccc2ccccc2c1. The van der Waals surface area contributed by atoms with Gasteiger partial charge in [0.05, 0.1) is 6.04 Å². The Labute approximate surface area is 160 Å². The van der Waals surface area contributed by atoms with E-state index in [2.05, 4.69) is 10.1 Å². The molecular weight excluding hydrogens is 367 g/mol. The Morgan fingerprint density at radius 1 is 1.00 bits per heavy atom. The molecule has 144 valence electrons. The van der Waals surface area contributed by atoms with E-state index in [0.717, 1.165) is 16.3 Å². The van der Waals surface area contributed by atoms with Crippen LogP contribution >= 0.6 is 0 Å². The van der Waals surface area contributed by atoms with Crippen LogP contribution in [-0.2, 0) is 4.79 Å². The number of alkyl halides is 3. The van der Waals surface area contributed by atoms with Gasteiger partial charge in [-0.15, -0.1) is 13.2 Å². The zero-order chi connectivity index (χ0) is 20.1. The summed E-state index contributed by atoms with van der Waals surface area (Å²) in [6, 6.07) is 19.1. The topological polar surface area (TPSA) is 38.3 Å². The second-order valence-electron chi connectivity index (χ2n) is 6.29. The van der Waals surface area contributed by atoms with E-state index in [-0.39, 0.29) is 17.7 Å². The molecule has 0 spiro atoms. The molecule has 3 nitrogen and oxygen atoms in total. The number of carbonyl (C=O) groups excluding carboxylic acids is 1. The fourth-order valence-corrected chi connectivity index (χ4v) is 2.81. The van der Waals surface area contributed by atoms with Crippen LogP contribution < -0.4 is 10.1 Å². The van der Waals surface area contributed by atoms with Crippen LogP contribution in [0, 0.1) is 0 Å². The summed E-state index contributed by atoms with van der Waals surface area (Å²) in [7, 11) is 0. The second kappa shape index (κ2) is 8.17. The minimum atomic E-state index is -4.75. The average Bonchev–Trinajstić information content (AvgIpc) is 2.65. The molecule has 0 aromatic heterocycles. The molecule has 0 fully saturated rings. The number of hydrogen-bond donors (Lipinski definition) is 1. The van der Waals surface area contributed by atoms with Gasteiger partial charge in [0.15, 0.2) is 0 Å². The molecule has 1 N–H and O–H groups in total. The van der Waals surface area contributed by atoms with Crippen molar-refractivity contribution in [1.82, 2.24) is 5.32 Å². The van der Waals surface area contributed by atoms with Crippen LogP contribution in [0.2, 0.25) is 0 Å². The predicted octanol–water partition coefficient (Wildman–Crippen LogP) is 5.63. The maximum absolute atomic E-state index is 12.3. The molecule has 3 aromatic rings. The maximum Gasteiger partial charge on any atom is 0.573 e. The Bertz CT molecular complexity index is 1010. The fraction of sp³-hybridized carbons (Fsp3) is 0.136. The Balaban J connectivity index is 1.65. The molecule has 0 radical (unpaired) electrons. The van der Waals surface area contributed by atoms with Crippen LogP contribution in [0.3, 0.4) is 0 Å². The molecule has 0 aliphatic rings. The third-order valence-electron chi connectivity index (χ3n) is 4.15. The third kappa shape index (κ3) is 5.36. The first-order valence-corrected chi connectivity index (χ1v) is 8.63. The van der Waals surface area contributed by atoms with Gasteiger partial charge in [-0.3, -0.25) is 4.79 Å². The van der Waals surface area contributed by atoms with Gasteiger partial charge in [0.1, 0.15) is 5.75 Å². The van der Waals surface area contributed by atoms with E-state index in [1.54, 1.807) is 6.07 Å². The van der Waals surface area contributed by atoms with Gasteiger partial charge in [-0.05, 0) is 53.1 Å². The first-order valence-electron chi connectivity index (χ1n) is 8.63. The Hall–Kier alpha value is -3.28. The Morgan fingerprint density at radius 2 is 1.75 bits per heavy atom. The van der Waals surface area contributed by atoms with Crippen LogP contribution in [0.5, 0.6) is 5.75 Å². The molecule has 3 rings (SSSR count). The molecule has 3 aromatic carbocycles. The van der Waals surface area contributed by atoms with E-state index in [9.17, 15) is 18.0 Å². The molecule has 0 saturated heterocycles. The lowest BCUT2D eigenvalue weighted by Gasteiger charge is -2.14. The van der Waals surface area contributed by atoms with Crippen molar-refractivity contribution in [2.45, 2.75) is 19.3 Å². The number of carbonyl (C=O) groups is 1. The monoisotopic (exact) mass is 385 g/mol. The van der Waals surface area contributed by atoms with E-state index in [1.807, 2.05) is 49.4 Å². The number of fused-ring (bicyclic) bond motifs is 1. The highest BCUT2D eigenvalue weighted by molar-refractivity contribution is 5.92. The van der Waals surface area contributed by atoms with E-state index < -0.39 is 6.36 Å². The number of ether oxygens (including phenoxy) is 1. The number of hydrogen-bond acceptors (Lipinski definition) is 2. The smallest absolute Gasteiger partial charge is 0.406 e. The van der Waals surface area contributed by atoms with E-state index in [1.165, 1.54) is 30.4 Å². The predicted molar refractivity (Wildman–Crippen MR) is 103 cm³/mol. The highest BCUT2D eigenvalue weighted by Gasteiger charge is 2.31. The number of rotatable bonds is 5. The van der Waals surface area contributed by atoms with Crippen LogP contribution in [-0.4, -0.2) is 12.3 Å². The van der Waals surface area contributed by atoms with E-state index in [0.29, 0.717) is 5.56 Å². The minimum Gasteiger partial charge on any atom is -0.406 e. The molecule has 0 aliphatic carbocycles. The van der Waals surface area contributed by atoms with Gasteiger partial charge in [-0.2, -0.15) is 0 Å². The molecule has 28 heavy (non-hydrogen) atoms. The lowest BCUT2D eigenvalue weighted by atomic mass is 10.0. The molecule has 0 bridgehead atoms. The van der Waals surface area contributed by atoms with Crippen molar-refractivity contribution in [3.05, 3.63) is 83.9 Å². The van der Waals surface area contributed by atoms with Gasteiger partial charge < -0.3 is 10.1 Å². The molecule has 0 unspecified atom stereocenters. The summed E-state index contributed by atoms with van der Waals surface area (Å²) < 4.78 is 40.7. The zero-order valence-electron chi connectivity index (χ0n) is 15.0. The maximum atomic E-state index is 12.3. The summed E-state index contributed by atoms with van der Waals surface area (Å²) in [5, 5.41) is 5.04. The molecule has 0 heterocycles. The standard InChI is InChI=1S/C22H18F3NO2/c1-15(18-11-10-17-6-2-3-7-19(17)14-18)26-21(27)12-9-16-5-4-8-20(13-16)28-22(23,24)25/h2-15H,1H3,(H,26,27)/t15-/m0/s1. The van der Waals surface area contributed by atoms with Crippen LogP contribution in [0.15, 0.2) is 72.8 Å². The Kier molecular flexibility index (Phi) is 5.68. The highest BCUT2D eigenvalue weighted by atomic mass is 19.4. The van der Waals surface area contributed by atoms with Crippen molar-refractivity contribution in [1.29, 1.82) is 0 Å². The molecule has 0 saturated carbocycles. The van der Waals surface area contributed by atoms with Gasteiger partial charge in [0, 0.05) is 6.08 Å². The highest BCUT2D eigenvalue weighted by Crippen LogP contribution is 2.24. The van der Waals surface area contributed by atoms with Crippen LogP contribution in [0.1, 0.15) is 24.1 Å². The van der Waals surface area contributed by atoms with Crippen molar-refractivity contribution in [2.75, 3.05) is 0 Å². The summed E-state index contributed by atoms with van der Waals surface area (Å²) in [5.74, 6) is -0.678. The van der Waals surface area contributed by atoms with Gasteiger partial charge >= 0.3 is 6.36 Å². The molecule has 1 amide bonds. The largest absolute Gasteiger partial charge is 0.573 e. The number of halogens is 3. The molecule has 0 aliphatic heterocycles. The third-order valence-corrected chi connectivity index (χ3v) is 4.15. The summed E-state index contributed by atoms with van der Waals surface area (Å²) in [6.45, 7) is 1.87. The summed E-state index contributed by atoms with van der Waals surface area (Å²) in [5.41, 5.74) is 1.39. The number of amides is 1. The Morgan fingerprint density at radius 3 is 2.50 bits per heavy atom. The zero-order valence-corrected chi connectivity index (χ0v) is 15.0. The minimum absolute atomic E-state index is 0.221. The quantitative estimate of drug-likeness (QED) is 0.578. The van der Waals surface area contributed by atoms with Crippen molar-refractivity contribution >= 4 is 22.8 Å². The van der Waals surface area contributed by atoms with Crippen LogP contribution in [0.4, 0.5) is 13.2 Å². The van der Waals surface area contributed by atoms with Crippen molar-refractivity contribution in [3.8, 4) is 5.75 Å². The summed E-state index contributed by atoms with van der Waals surface area (Å²) in [4.78, 5) is 12.2. The van der Waals surface area contributed by atoms with Crippen molar-refractivity contribution in [3.63, 3.8) is 0 Å². The number of benzene rings is 3. The van der Waals surface area contributed by atoms with Gasteiger partial charge in [0.25, 0.3) is 0 Å². The lowest BCUT2D eigenvalue weighted by Crippen LogP contribution is -2.24. The van der Waals surface area contributed by atoms with Crippen molar-refractivity contribution in [2.24, 2.45) is 0 Å².